The molecule has 118 valence electrons. The Morgan fingerprint density at radius 3 is 2.57 bits per heavy atom. The van der Waals surface area contributed by atoms with Crippen molar-refractivity contribution in [2.75, 3.05) is 11.9 Å². The predicted octanol–water partition coefficient (Wildman–Crippen LogP) is 3.18. The molecule has 0 heterocycles. The number of hydrogen-bond donors (Lipinski definition) is 2. The molecule has 4 nitrogen and oxygen atoms in total. The van der Waals surface area contributed by atoms with E-state index in [1.165, 1.54) is 11.1 Å². The summed E-state index contributed by atoms with van der Waals surface area (Å²) in [5.74, 6) is -0.283. The molecule has 23 heavy (non-hydrogen) atoms. The van der Waals surface area contributed by atoms with Crippen LogP contribution in [0.3, 0.4) is 0 Å². The number of hydrogen-bond acceptors (Lipinski definition) is 2. The van der Waals surface area contributed by atoms with E-state index in [1.807, 2.05) is 25.1 Å². The molecule has 3 rings (SSSR count). The first-order chi connectivity index (χ1) is 11.2. The Hall–Kier alpha value is -2.62. The summed E-state index contributed by atoms with van der Waals surface area (Å²) < 4.78 is 0. The van der Waals surface area contributed by atoms with Crippen LogP contribution in [0.1, 0.15) is 45.2 Å². The molecule has 0 saturated carbocycles. The van der Waals surface area contributed by atoms with E-state index in [-0.39, 0.29) is 11.8 Å². The van der Waals surface area contributed by atoms with Gasteiger partial charge in [0.2, 0.25) is 0 Å². The maximum absolute atomic E-state index is 12.4. The molecular formula is C19H20N2O2. The van der Waals surface area contributed by atoms with Gasteiger partial charge in [-0.25, -0.2) is 0 Å². The van der Waals surface area contributed by atoms with Crippen LogP contribution in [-0.4, -0.2) is 18.4 Å². The third-order valence-corrected chi connectivity index (χ3v) is 4.08. The summed E-state index contributed by atoms with van der Waals surface area (Å²) in [6.07, 6.45) is 3.31. The molecule has 0 unspecified atom stereocenters. The van der Waals surface area contributed by atoms with Gasteiger partial charge in [-0.2, -0.15) is 0 Å². The minimum atomic E-state index is -0.146. The number of fused-ring (bicyclic) bond motifs is 1. The van der Waals surface area contributed by atoms with Gasteiger partial charge in [0, 0.05) is 23.4 Å². The van der Waals surface area contributed by atoms with Crippen LogP contribution in [0.25, 0.3) is 0 Å². The Bertz CT molecular complexity index is 753. The fraction of sp³-hybridized carbons (Fsp3) is 0.263. The van der Waals surface area contributed by atoms with E-state index in [4.69, 9.17) is 0 Å². The van der Waals surface area contributed by atoms with Gasteiger partial charge < -0.3 is 10.6 Å². The van der Waals surface area contributed by atoms with E-state index >= 15 is 0 Å². The fourth-order valence-corrected chi connectivity index (χ4v) is 2.92. The second kappa shape index (κ2) is 6.65. The molecule has 0 radical (unpaired) electrons. The van der Waals surface area contributed by atoms with Gasteiger partial charge in [-0.05, 0) is 67.6 Å². The summed E-state index contributed by atoms with van der Waals surface area (Å²) in [6.45, 7) is 2.45. The molecule has 0 atom stereocenters. The van der Waals surface area contributed by atoms with Gasteiger partial charge in [-0.1, -0.05) is 12.1 Å². The first kappa shape index (κ1) is 15.3. The first-order valence-corrected chi connectivity index (χ1v) is 7.99. The molecule has 2 amide bonds. The highest BCUT2D eigenvalue weighted by Crippen LogP contribution is 2.23. The van der Waals surface area contributed by atoms with E-state index in [0.717, 1.165) is 19.3 Å². The highest BCUT2D eigenvalue weighted by molar-refractivity contribution is 6.05. The minimum Gasteiger partial charge on any atom is -0.352 e. The largest absolute Gasteiger partial charge is 0.352 e. The summed E-state index contributed by atoms with van der Waals surface area (Å²) in [4.78, 5) is 24.3. The van der Waals surface area contributed by atoms with Gasteiger partial charge in [-0.3, -0.25) is 9.59 Å². The Labute approximate surface area is 135 Å². The van der Waals surface area contributed by atoms with E-state index in [2.05, 4.69) is 10.6 Å². The Morgan fingerprint density at radius 1 is 0.957 bits per heavy atom. The zero-order valence-corrected chi connectivity index (χ0v) is 13.2. The summed E-state index contributed by atoms with van der Waals surface area (Å²) >= 11 is 0. The van der Waals surface area contributed by atoms with Crippen LogP contribution in [0.4, 0.5) is 5.69 Å². The SMILES string of the molecule is CCNC(=O)c1cccc(NC(=O)c2ccc3c(c2)CCC3)c1. The van der Waals surface area contributed by atoms with Crippen LogP contribution >= 0.6 is 0 Å². The maximum Gasteiger partial charge on any atom is 0.255 e. The van der Waals surface area contributed by atoms with Crippen molar-refractivity contribution in [2.24, 2.45) is 0 Å². The van der Waals surface area contributed by atoms with Crippen molar-refractivity contribution in [2.45, 2.75) is 26.2 Å². The van der Waals surface area contributed by atoms with Crippen LogP contribution in [-0.2, 0) is 12.8 Å². The molecule has 4 heteroatoms. The molecule has 2 aromatic carbocycles. The molecule has 0 saturated heterocycles. The Kier molecular flexibility index (Phi) is 4.42. The average Bonchev–Trinajstić information content (AvgIpc) is 3.03. The number of benzene rings is 2. The van der Waals surface area contributed by atoms with Crippen LogP contribution in [0.15, 0.2) is 42.5 Å². The molecule has 1 aliphatic carbocycles. The molecule has 0 spiro atoms. The molecule has 0 aliphatic heterocycles. The lowest BCUT2D eigenvalue weighted by Gasteiger charge is -2.09. The highest BCUT2D eigenvalue weighted by atomic mass is 16.2. The summed E-state index contributed by atoms with van der Waals surface area (Å²) in [7, 11) is 0. The van der Waals surface area contributed by atoms with E-state index < -0.39 is 0 Å². The second-order valence-electron chi connectivity index (χ2n) is 5.73. The molecule has 1 aliphatic rings. The highest BCUT2D eigenvalue weighted by Gasteiger charge is 2.14. The van der Waals surface area contributed by atoms with Gasteiger partial charge in [0.15, 0.2) is 0 Å². The van der Waals surface area contributed by atoms with Crippen molar-refractivity contribution < 1.29 is 9.59 Å². The molecule has 2 aromatic rings. The van der Waals surface area contributed by atoms with Crippen molar-refractivity contribution in [3.63, 3.8) is 0 Å². The second-order valence-corrected chi connectivity index (χ2v) is 5.73. The summed E-state index contributed by atoms with van der Waals surface area (Å²) in [5.41, 5.74) is 4.44. The van der Waals surface area contributed by atoms with Crippen LogP contribution in [0, 0.1) is 0 Å². The lowest BCUT2D eigenvalue weighted by molar-refractivity contribution is 0.0954. The lowest BCUT2D eigenvalue weighted by atomic mass is 10.1. The minimum absolute atomic E-state index is 0.138. The number of rotatable bonds is 4. The van der Waals surface area contributed by atoms with E-state index in [1.54, 1.807) is 24.3 Å². The third-order valence-electron chi connectivity index (χ3n) is 4.08. The van der Waals surface area contributed by atoms with Crippen molar-refractivity contribution in [1.29, 1.82) is 0 Å². The number of aryl methyl sites for hydroxylation is 2. The molecule has 0 bridgehead atoms. The summed E-state index contributed by atoms with van der Waals surface area (Å²) in [5, 5.41) is 5.62. The maximum atomic E-state index is 12.4. The summed E-state index contributed by atoms with van der Waals surface area (Å²) in [6, 6.07) is 12.9. The van der Waals surface area contributed by atoms with Gasteiger partial charge in [0.25, 0.3) is 11.8 Å². The average molecular weight is 308 g/mol. The van der Waals surface area contributed by atoms with Gasteiger partial charge in [-0.15, -0.1) is 0 Å². The van der Waals surface area contributed by atoms with Gasteiger partial charge >= 0.3 is 0 Å². The van der Waals surface area contributed by atoms with Crippen LogP contribution in [0.5, 0.6) is 0 Å². The van der Waals surface area contributed by atoms with Crippen molar-refractivity contribution >= 4 is 17.5 Å². The first-order valence-electron chi connectivity index (χ1n) is 7.99. The third kappa shape index (κ3) is 3.42. The molecule has 2 N–H and O–H groups in total. The van der Waals surface area contributed by atoms with Crippen molar-refractivity contribution in [3.8, 4) is 0 Å². The Morgan fingerprint density at radius 2 is 1.74 bits per heavy atom. The zero-order chi connectivity index (χ0) is 16.2. The van der Waals surface area contributed by atoms with Crippen LogP contribution < -0.4 is 10.6 Å². The Balaban J connectivity index is 1.75. The van der Waals surface area contributed by atoms with Crippen LogP contribution in [0.2, 0.25) is 0 Å². The number of carbonyl (C=O) groups is 2. The molecular weight excluding hydrogens is 288 g/mol. The predicted molar refractivity (Wildman–Crippen MR) is 90.9 cm³/mol. The number of nitrogens with one attached hydrogen (secondary N) is 2. The zero-order valence-electron chi connectivity index (χ0n) is 13.2. The lowest BCUT2D eigenvalue weighted by Crippen LogP contribution is -2.22. The van der Waals surface area contributed by atoms with Crippen molar-refractivity contribution in [1.82, 2.24) is 5.32 Å². The number of amides is 2. The monoisotopic (exact) mass is 308 g/mol. The quantitative estimate of drug-likeness (QED) is 0.911. The molecule has 0 fully saturated rings. The van der Waals surface area contributed by atoms with Crippen molar-refractivity contribution in [3.05, 3.63) is 64.7 Å². The molecule has 0 aromatic heterocycles. The van der Waals surface area contributed by atoms with Gasteiger partial charge in [0.1, 0.15) is 0 Å². The topological polar surface area (TPSA) is 58.2 Å². The smallest absolute Gasteiger partial charge is 0.255 e. The normalized spacial score (nSPS) is 12.6. The number of carbonyl (C=O) groups excluding carboxylic acids is 2. The van der Waals surface area contributed by atoms with E-state index in [9.17, 15) is 9.59 Å². The standard InChI is InChI=1S/C19H20N2O2/c1-2-20-18(22)15-7-4-8-17(12-15)21-19(23)16-10-9-13-5-3-6-14(13)11-16/h4,7-12H,2-3,5-6H2,1H3,(H,20,22)(H,21,23). The number of anilines is 1. The fourth-order valence-electron chi connectivity index (χ4n) is 2.92. The van der Waals surface area contributed by atoms with Gasteiger partial charge in [0.05, 0.1) is 0 Å². The van der Waals surface area contributed by atoms with E-state index in [0.29, 0.717) is 23.4 Å².